The van der Waals surface area contributed by atoms with E-state index in [1.165, 1.54) is 23.3 Å². The molecule has 0 spiro atoms. The number of nitrogens with zero attached hydrogens (tertiary/aromatic N) is 1. The molecule has 1 aliphatic heterocycles. The zero-order valence-corrected chi connectivity index (χ0v) is 10.6. The fourth-order valence-electron chi connectivity index (χ4n) is 1.75. The highest BCUT2D eigenvalue weighted by Crippen LogP contribution is 2.24. The molecule has 18 heavy (non-hydrogen) atoms. The van der Waals surface area contributed by atoms with Crippen LogP contribution in [-0.4, -0.2) is 35.8 Å². The van der Waals surface area contributed by atoms with E-state index in [1.807, 2.05) is 0 Å². The van der Waals surface area contributed by atoms with Crippen LogP contribution >= 0.6 is 0 Å². The Morgan fingerprint density at radius 3 is 2.83 bits per heavy atom. The van der Waals surface area contributed by atoms with E-state index in [-0.39, 0.29) is 17.5 Å². The Labute approximate surface area is 106 Å². The van der Waals surface area contributed by atoms with Crippen LogP contribution in [0, 0.1) is 5.82 Å². The number of benzene rings is 1. The lowest BCUT2D eigenvalue weighted by Crippen LogP contribution is -2.27. The third-order valence-corrected chi connectivity index (χ3v) is 3.62. The molecular weight excluding hydrogens is 259 g/mol. The summed E-state index contributed by atoms with van der Waals surface area (Å²) in [6.45, 7) is 0.519. The lowest BCUT2D eigenvalue weighted by Gasteiger charge is -2.13. The minimum atomic E-state index is -1.40. The fourth-order valence-corrected chi connectivity index (χ4v) is 2.34. The van der Waals surface area contributed by atoms with E-state index < -0.39 is 22.7 Å². The Balaban J connectivity index is 2.27. The third kappa shape index (κ3) is 2.37. The zero-order valence-electron chi connectivity index (χ0n) is 9.76. The van der Waals surface area contributed by atoms with Crippen molar-refractivity contribution < 1.29 is 18.1 Å². The summed E-state index contributed by atoms with van der Waals surface area (Å²) in [6.07, 6.45) is 0.475. The van der Waals surface area contributed by atoms with Crippen molar-refractivity contribution in [3.63, 3.8) is 0 Å². The van der Waals surface area contributed by atoms with Gasteiger partial charge in [-0.15, -0.1) is 0 Å². The number of carbonyl (C=O) groups excluding carboxylic acids is 1. The maximum Gasteiger partial charge on any atom is 0.414 e. The number of carbonyl (C=O) groups is 1. The van der Waals surface area contributed by atoms with Crippen LogP contribution in [0.25, 0.3) is 0 Å². The van der Waals surface area contributed by atoms with Crippen molar-refractivity contribution in [2.24, 2.45) is 5.73 Å². The van der Waals surface area contributed by atoms with Crippen molar-refractivity contribution >= 4 is 22.6 Å². The van der Waals surface area contributed by atoms with Crippen molar-refractivity contribution in [2.75, 3.05) is 24.2 Å². The second kappa shape index (κ2) is 5.03. The second-order valence-corrected chi connectivity index (χ2v) is 5.27. The number of anilines is 1. The molecule has 2 N–H and O–H groups in total. The molecule has 2 rings (SSSR count). The van der Waals surface area contributed by atoms with Crippen molar-refractivity contribution in [1.29, 1.82) is 0 Å². The number of cyclic esters (lactones) is 1. The predicted molar refractivity (Wildman–Crippen MR) is 65.4 cm³/mol. The summed E-state index contributed by atoms with van der Waals surface area (Å²) >= 11 is 0. The molecule has 1 heterocycles. The maximum absolute atomic E-state index is 13.7. The number of halogens is 1. The van der Waals surface area contributed by atoms with Gasteiger partial charge in [0.2, 0.25) is 0 Å². The molecular formula is C11H13FN2O3S. The minimum Gasteiger partial charge on any atom is -0.443 e. The molecule has 2 unspecified atom stereocenters. The summed E-state index contributed by atoms with van der Waals surface area (Å²) in [6, 6.07) is 4.13. The Morgan fingerprint density at radius 2 is 2.33 bits per heavy atom. The van der Waals surface area contributed by atoms with Gasteiger partial charge in [-0.1, -0.05) is 0 Å². The standard InChI is InChI=1S/C11H13FN2O3S/c1-18(16)10-3-2-7(4-9(10)12)14-6-8(5-13)17-11(14)15/h2-4,8H,5-6,13H2,1H3. The van der Waals surface area contributed by atoms with Crippen molar-refractivity contribution in [1.82, 2.24) is 0 Å². The Bertz CT molecular complexity index is 509. The topological polar surface area (TPSA) is 72.6 Å². The monoisotopic (exact) mass is 272 g/mol. The third-order valence-electron chi connectivity index (χ3n) is 2.67. The summed E-state index contributed by atoms with van der Waals surface area (Å²) < 4.78 is 29.8. The summed E-state index contributed by atoms with van der Waals surface area (Å²) in [5, 5.41) is 0. The molecule has 5 nitrogen and oxygen atoms in total. The van der Waals surface area contributed by atoms with Gasteiger partial charge in [0, 0.05) is 12.8 Å². The molecule has 0 saturated carbocycles. The van der Waals surface area contributed by atoms with E-state index in [4.69, 9.17) is 10.5 Å². The molecule has 98 valence electrons. The van der Waals surface area contributed by atoms with Gasteiger partial charge in [0.05, 0.1) is 27.9 Å². The minimum absolute atomic E-state index is 0.113. The average molecular weight is 272 g/mol. The smallest absolute Gasteiger partial charge is 0.414 e. The summed E-state index contributed by atoms with van der Waals surface area (Å²) in [4.78, 5) is 13.0. The molecule has 1 fully saturated rings. The number of ether oxygens (including phenoxy) is 1. The van der Waals surface area contributed by atoms with Crippen LogP contribution in [0.3, 0.4) is 0 Å². The van der Waals surface area contributed by atoms with Gasteiger partial charge in [-0.3, -0.25) is 9.11 Å². The average Bonchev–Trinajstić information content (AvgIpc) is 2.70. The normalized spacial score (nSPS) is 20.9. The largest absolute Gasteiger partial charge is 0.443 e. The van der Waals surface area contributed by atoms with Crippen LogP contribution in [0.15, 0.2) is 23.1 Å². The first kappa shape index (κ1) is 13.0. The zero-order chi connectivity index (χ0) is 13.3. The molecule has 1 saturated heterocycles. The van der Waals surface area contributed by atoms with Crippen LogP contribution in [0.2, 0.25) is 0 Å². The number of hydrogen-bond donors (Lipinski definition) is 1. The van der Waals surface area contributed by atoms with Gasteiger partial charge < -0.3 is 10.5 Å². The number of rotatable bonds is 3. The van der Waals surface area contributed by atoms with Crippen LogP contribution in [-0.2, 0) is 15.5 Å². The van der Waals surface area contributed by atoms with Crippen molar-refractivity contribution in [2.45, 2.75) is 11.0 Å². The molecule has 0 bridgehead atoms. The number of nitrogens with two attached hydrogens (primary N) is 1. The maximum atomic E-state index is 13.7. The molecule has 1 aliphatic rings. The molecule has 0 aromatic heterocycles. The van der Waals surface area contributed by atoms with E-state index in [2.05, 4.69) is 0 Å². The molecule has 2 atom stereocenters. The van der Waals surface area contributed by atoms with Gasteiger partial charge in [-0.05, 0) is 18.2 Å². The SMILES string of the molecule is CS(=O)c1ccc(N2CC(CN)OC2=O)cc1F. The van der Waals surface area contributed by atoms with Gasteiger partial charge in [-0.25, -0.2) is 9.18 Å². The molecule has 1 aromatic carbocycles. The highest BCUT2D eigenvalue weighted by molar-refractivity contribution is 7.84. The summed E-state index contributed by atoms with van der Waals surface area (Å²) in [7, 11) is -1.40. The highest BCUT2D eigenvalue weighted by atomic mass is 32.2. The van der Waals surface area contributed by atoms with Crippen LogP contribution in [0.1, 0.15) is 0 Å². The fraction of sp³-hybridized carbons (Fsp3) is 0.364. The second-order valence-electron chi connectivity index (χ2n) is 3.92. The van der Waals surface area contributed by atoms with Gasteiger partial charge in [0.25, 0.3) is 0 Å². The Morgan fingerprint density at radius 1 is 1.61 bits per heavy atom. The molecule has 7 heteroatoms. The molecule has 0 radical (unpaired) electrons. The lowest BCUT2D eigenvalue weighted by atomic mass is 10.2. The number of amides is 1. The van der Waals surface area contributed by atoms with Gasteiger partial charge in [-0.2, -0.15) is 0 Å². The first-order valence-corrected chi connectivity index (χ1v) is 6.90. The van der Waals surface area contributed by atoms with E-state index in [0.29, 0.717) is 12.2 Å². The van der Waals surface area contributed by atoms with E-state index in [0.717, 1.165) is 0 Å². The molecule has 0 aliphatic carbocycles. The van der Waals surface area contributed by atoms with Crippen LogP contribution < -0.4 is 10.6 Å². The predicted octanol–water partition coefficient (Wildman–Crippen LogP) is 0.847. The van der Waals surface area contributed by atoms with E-state index >= 15 is 0 Å². The summed E-state index contributed by atoms with van der Waals surface area (Å²) in [5.74, 6) is -0.600. The number of hydrogen-bond acceptors (Lipinski definition) is 4. The molecule has 1 amide bonds. The first-order chi connectivity index (χ1) is 8.52. The Hall–Kier alpha value is -1.47. The van der Waals surface area contributed by atoms with Crippen LogP contribution in [0.4, 0.5) is 14.9 Å². The van der Waals surface area contributed by atoms with Gasteiger partial charge in [0.1, 0.15) is 11.9 Å². The lowest BCUT2D eigenvalue weighted by molar-refractivity contribution is 0.145. The van der Waals surface area contributed by atoms with Crippen molar-refractivity contribution in [3.05, 3.63) is 24.0 Å². The van der Waals surface area contributed by atoms with Gasteiger partial charge in [0.15, 0.2) is 0 Å². The van der Waals surface area contributed by atoms with E-state index in [1.54, 1.807) is 6.07 Å². The molecule has 1 aromatic rings. The quantitative estimate of drug-likeness (QED) is 0.885. The van der Waals surface area contributed by atoms with E-state index in [9.17, 15) is 13.4 Å². The van der Waals surface area contributed by atoms with Crippen LogP contribution in [0.5, 0.6) is 0 Å². The Kier molecular flexibility index (Phi) is 3.63. The first-order valence-electron chi connectivity index (χ1n) is 5.34. The highest BCUT2D eigenvalue weighted by Gasteiger charge is 2.31. The van der Waals surface area contributed by atoms with Crippen molar-refractivity contribution in [3.8, 4) is 0 Å². The summed E-state index contributed by atoms with van der Waals surface area (Å²) in [5.41, 5.74) is 5.79. The van der Waals surface area contributed by atoms with Gasteiger partial charge >= 0.3 is 6.09 Å².